The lowest BCUT2D eigenvalue weighted by molar-refractivity contribution is -0.136. The van der Waals surface area contributed by atoms with E-state index < -0.39 is 0 Å². The highest BCUT2D eigenvalue weighted by atomic mass is 16.2. The summed E-state index contributed by atoms with van der Waals surface area (Å²) in [4.78, 5) is 19.2. The number of nitrogens with zero attached hydrogens (tertiary/aromatic N) is 3. The highest BCUT2D eigenvalue weighted by Gasteiger charge is 2.30. The molecule has 3 atom stereocenters. The van der Waals surface area contributed by atoms with Gasteiger partial charge in [0.1, 0.15) is 0 Å². The van der Waals surface area contributed by atoms with Gasteiger partial charge in [0.2, 0.25) is 5.91 Å². The van der Waals surface area contributed by atoms with Gasteiger partial charge in [0.15, 0.2) is 0 Å². The number of piperidine rings is 1. The van der Waals surface area contributed by atoms with Gasteiger partial charge in [0.05, 0.1) is 6.54 Å². The molecule has 2 fully saturated rings. The second-order valence-corrected chi connectivity index (χ2v) is 6.87. The van der Waals surface area contributed by atoms with Crippen molar-refractivity contribution < 1.29 is 4.79 Å². The van der Waals surface area contributed by atoms with E-state index in [9.17, 15) is 4.79 Å². The fourth-order valence-corrected chi connectivity index (χ4v) is 3.62. The van der Waals surface area contributed by atoms with E-state index in [2.05, 4.69) is 35.6 Å². The highest BCUT2D eigenvalue weighted by molar-refractivity contribution is 5.78. The Morgan fingerprint density at radius 2 is 1.80 bits per heavy atom. The maximum absolute atomic E-state index is 12.5. The van der Waals surface area contributed by atoms with Gasteiger partial charge in [0.25, 0.3) is 0 Å². The van der Waals surface area contributed by atoms with Gasteiger partial charge in [-0.2, -0.15) is 0 Å². The van der Waals surface area contributed by atoms with E-state index in [0.29, 0.717) is 31.0 Å². The van der Waals surface area contributed by atoms with Crippen LogP contribution < -0.4 is 5.73 Å². The van der Waals surface area contributed by atoms with Gasteiger partial charge in [-0.1, -0.05) is 13.8 Å². The van der Waals surface area contributed by atoms with Crippen molar-refractivity contribution >= 4 is 5.91 Å². The molecule has 2 aliphatic heterocycles. The molecular formula is C15H30N4O. The number of carbonyl (C=O) groups is 1. The summed E-state index contributed by atoms with van der Waals surface area (Å²) >= 11 is 0. The first-order valence-corrected chi connectivity index (χ1v) is 7.90. The third-order valence-electron chi connectivity index (χ3n) is 4.64. The van der Waals surface area contributed by atoms with E-state index in [1.54, 1.807) is 0 Å². The minimum atomic E-state index is 0.284. The van der Waals surface area contributed by atoms with Crippen molar-refractivity contribution in [3.63, 3.8) is 0 Å². The van der Waals surface area contributed by atoms with Crippen LogP contribution in [0.2, 0.25) is 0 Å². The largest absolute Gasteiger partial charge is 0.341 e. The molecule has 3 unspecified atom stereocenters. The van der Waals surface area contributed by atoms with Gasteiger partial charge < -0.3 is 15.5 Å². The summed E-state index contributed by atoms with van der Waals surface area (Å²) in [5.41, 5.74) is 5.86. The Labute approximate surface area is 123 Å². The first kappa shape index (κ1) is 15.7. The van der Waals surface area contributed by atoms with Crippen molar-refractivity contribution in [2.75, 3.05) is 52.9 Å². The van der Waals surface area contributed by atoms with Crippen LogP contribution in [-0.2, 0) is 4.79 Å². The van der Waals surface area contributed by atoms with Crippen molar-refractivity contribution in [2.45, 2.75) is 26.3 Å². The standard InChI is InChI=1S/C15H30N4O/c1-12-6-13(2)9-19(8-12)15(20)11-18-5-4-17(3)10-14(18)7-16/h12-14H,4-11,16H2,1-3H3. The van der Waals surface area contributed by atoms with Gasteiger partial charge in [-0.25, -0.2) is 0 Å². The van der Waals surface area contributed by atoms with Gasteiger partial charge >= 0.3 is 0 Å². The number of hydrogen-bond donors (Lipinski definition) is 1. The maximum Gasteiger partial charge on any atom is 0.236 e. The number of likely N-dealkylation sites (N-methyl/N-ethyl adjacent to an activating group) is 1. The molecule has 2 saturated heterocycles. The molecule has 20 heavy (non-hydrogen) atoms. The molecule has 0 bridgehead atoms. The van der Waals surface area contributed by atoms with Crippen molar-refractivity contribution in [3.8, 4) is 0 Å². The Bertz CT molecular complexity index is 326. The molecule has 0 aromatic rings. The second kappa shape index (κ2) is 6.87. The average Bonchev–Trinajstić information content (AvgIpc) is 2.39. The van der Waals surface area contributed by atoms with E-state index in [-0.39, 0.29) is 5.91 Å². The predicted molar refractivity (Wildman–Crippen MR) is 81.4 cm³/mol. The minimum absolute atomic E-state index is 0.284. The molecule has 116 valence electrons. The highest BCUT2D eigenvalue weighted by Crippen LogP contribution is 2.21. The monoisotopic (exact) mass is 282 g/mol. The zero-order valence-electron chi connectivity index (χ0n) is 13.2. The molecule has 5 nitrogen and oxygen atoms in total. The molecule has 1 amide bonds. The van der Waals surface area contributed by atoms with Crippen LogP contribution in [0.5, 0.6) is 0 Å². The van der Waals surface area contributed by atoms with E-state index >= 15 is 0 Å². The van der Waals surface area contributed by atoms with E-state index in [0.717, 1.165) is 32.7 Å². The van der Waals surface area contributed by atoms with Crippen molar-refractivity contribution in [1.82, 2.24) is 14.7 Å². The molecule has 0 aliphatic carbocycles. The van der Waals surface area contributed by atoms with Crippen LogP contribution in [0.1, 0.15) is 20.3 Å². The number of amides is 1. The smallest absolute Gasteiger partial charge is 0.236 e. The summed E-state index contributed by atoms with van der Waals surface area (Å²) < 4.78 is 0. The molecule has 0 aromatic carbocycles. The summed E-state index contributed by atoms with van der Waals surface area (Å²) in [5, 5.41) is 0. The first-order valence-electron chi connectivity index (χ1n) is 7.90. The normalized spacial score (nSPS) is 33.4. The summed E-state index contributed by atoms with van der Waals surface area (Å²) in [6.07, 6.45) is 1.24. The lowest BCUT2D eigenvalue weighted by atomic mass is 9.92. The molecule has 5 heteroatoms. The second-order valence-electron chi connectivity index (χ2n) is 6.87. The van der Waals surface area contributed by atoms with Gasteiger partial charge in [-0.05, 0) is 25.3 Å². The molecule has 0 aromatic heterocycles. The first-order chi connectivity index (χ1) is 9.49. The summed E-state index contributed by atoms with van der Waals surface area (Å²) in [5.74, 6) is 1.53. The van der Waals surface area contributed by atoms with Crippen LogP contribution in [0, 0.1) is 11.8 Å². The van der Waals surface area contributed by atoms with Gasteiger partial charge in [0, 0.05) is 45.3 Å². The molecule has 2 aliphatic rings. The zero-order chi connectivity index (χ0) is 14.7. The quantitative estimate of drug-likeness (QED) is 0.796. The number of nitrogens with two attached hydrogens (primary N) is 1. The predicted octanol–water partition coefficient (Wildman–Crippen LogP) is 0.0656. The van der Waals surface area contributed by atoms with Crippen LogP contribution in [0.4, 0.5) is 0 Å². The van der Waals surface area contributed by atoms with Crippen LogP contribution >= 0.6 is 0 Å². The Kier molecular flexibility index (Phi) is 5.41. The summed E-state index contributed by atoms with van der Waals surface area (Å²) in [6.45, 7) is 10.4. The number of rotatable bonds is 3. The maximum atomic E-state index is 12.5. The van der Waals surface area contributed by atoms with Crippen LogP contribution in [0.15, 0.2) is 0 Å². The van der Waals surface area contributed by atoms with Crippen LogP contribution in [0.3, 0.4) is 0 Å². The van der Waals surface area contributed by atoms with Crippen LogP contribution in [0.25, 0.3) is 0 Å². The van der Waals surface area contributed by atoms with E-state index in [1.807, 2.05) is 0 Å². The topological polar surface area (TPSA) is 52.8 Å². The molecule has 2 N–H and O–H groups in total. The van der Waals surface area contributed by atoms with Crippen LogP contribution in [-0.4, -0.2) is 79.5 Å². The van der Waals surface area contributed by atoms with Gasteiger partial charge in [-0.3, -0.25) is 9.69 Å². The number of likely N-dealkylation sites (tertiary alicyclic amines) is 1. The SMILES string of the molecule is CC1CC(C)CN(C(=O)CN2CCN(C)CC2CN)C1. The molecule has 0 spiro atoms. The average molecular weight is 282 g/mol. The number of hydrogen-bond acceptors (Lipinski definition) is 4. The van der Waals surface area contributed by atoms with Crippen molar-refractivity contribution in [3.05, 3.63) is 0 Å². The van der Waals surface area contributed by atoms with Crippen molar-refractivity contribution in [1.29, 1.82) is 0 Å². The number of carbonyl (C=O) groups excluding carboxylic acids is 1. The number of piperazine rings is 1. The molecule has 2 heterocycles. The fourth-order valence-electron chi connectivity index (χ4n) is 3.62. The van der Waals surface area contributed by atoms with Gasteiger partial charge in [-0.15, -0.1) is 0 Å². The third kappa shape index (κ3) is 3.93. The molecule has 0 radical (unpaired) electrons. The lowest BCUT2D eigenvalue weighted by Crippen LogP contribution is -2.57. The molecular weight excluding hydrogens is 252 g/mol. The van der Waals surface area contributed by atoms with Crippen molar-refractivity contribution in [2.24, 2.45) is 17.6 Å². The Morgan fingerprint density at radius 1 is 1.15 bits per heavy atom. The molecule has 2 rings (SSSR count). The zero-order valence-corrected chi connectivity index (χ0v) is 13.2. The Balaban J connectivity index is 1.89. The third-order valence-corrected chi connectivity index (χ3v) is 4.64. The van der Waals surface area contributed by atoms with E-state index in [1.165, 1.54) is 6.42 Å². The Hall–Kier alpha value is -0.650. The Morgan fingerprint density at radius 3 is 2.40 bits per heavy atom. The lowest BCUT2D eigenvalue weighted by Gasteiger charge is -2.41. The summed E-state index contributed by atoms with van der Waals surface area (Å²) in [6, 6.07) is 0.317. The fraction of sp³-hybridized carbons (Fsp3) is 0.933. The summed E-state index contributed by atoms with van der Waals surface area (Å²) in [7, 11) is 2.12. The molecule has 0 saturated carbocycles. The van der Waals surface area contributed by atoms with E-state index in [4.69, 9.17) is 5.73 Å². The minimum Gasteiger partial charge on any atom is -0.341 e.